The fourth-order valence-electron chi connectivity index (χ4n) is 2.06. The van der Waals surface area contributed by atoms with Crippen molar-refractivity contribution in [2.75, 3.05) is 6.61 Å². The van der Waals surface area contributed by atoms with E-state index < -0.39 is 17.8 Å². The molecule has 104 valence electrons. The van der Waals surface area contributed by atoms with Crippen molar-refractivity contribution in [3.8, 4) is 5.75 Å². The van der Waals surface area contributed by atoms with Gasteiger partial charge in [-0.05, 0) is 36.5 Å². The third kappa shape index (κ3) is 3.92. The van der Waals surface area contributed by atoms with E-state index >= 15 is 0 Å². The van der Waals surface area contributed by atoms with Gasteiger partial charge in [-0.2, -0.15) is 0 Å². The normalized spacial score (nSPS) is 16.7. The van der Waals surface area contributed by atoms with Gasteiger partial charge in [0.15, 0.2) is 0 Å². The molecule has 0 radical (unpaired) electrons. The van der Waals surface area contributed by atoms with E-state index in [2.05, 4.69) is 0 Å². The summed E-state index contributed by atoms with van der Waals surface area (Å²) in [6, 6.07) is 3.45. The summed E-state index contributed by atoms with van der Waals surface area (Å²) >= 11 is 0. The van der Waals surface area contributed by atoms with E-state index in [1.807, 2.05) is 0 Å². The molecule has 0 aliphatic heterocycles. The molecule has 4 nitrogen and oxygen atoms in total. The lowest BCUT2D eigenvalue weighted by atomic mass is 9.86. The molecule has 1 unspecified atom stereocenters. The number of benzene rings is 1. The van der Waals surface area contributed by atoms with Crippen LogP contribution in [0.5, 0.6) is 5.75 Å². The molecule has 0 heterocycles. The number of nitrogens with two attached hydrogens (primary N) is 1. The van der Waals surface area contributed by atoms with Crippen molar-refractivity contribution in [1.82, 2.24) is 0 Å². The molecule has 1 saturated carbocycles. The zero-order valence-electron chi connectivity index (χ0n) is 10.6. The summed E-state index contributed by atoms with van der Waals surface area (Å²) in [6.07, 6.45) is 3.30. The van der Waals surface area contributed by atoms with Gasteiger partial charge in [-0.25, -0.2) is 4.39 Å². The number of ether oxygens (including phenoxy) is 1. The summed E-state index contributed by atoms with van der Waals surface area (Å²) in [4.78, 5) is 10.6. The maximum Gasteiger partial charge on any atom is 0.305 e. The third-order valence-electron chi connectivity index (χ3n) is 3.43. The van der Waals surface area contributed by atoms with Crippen molar-refractivity contribution in [1.29, 1.82) is 0 Å². The Morgan fingerprint density at radius 2 is 2.21 bits per heavy atom. The van der Waals surface area contributed by atoms with E-state index in [1.165, 1.54) is 18.6 Å². The van der Waals surface area contributed by atoms with Crippen LogP contribution in [0.2, 0.25) is 0 Å². The number of hydrogen-bond donors (Lipinski definition) is 2. The van der Waals surface area contributed by atoms with Gasteiger partial charge in [-0.3, -0.25) is 4.79 Å². The van der Waals surface area contributed by atoms with Crippen LogP contribution in [0.4, 0.5) is 4.39 Å². The molecule has 1 atom stereocenters. The first-order valence-corrected chi connectivity index (χ1v) is 6.45. The first-order chi connectivity index (χ1) is 9.04. The van der Waals surface area contributed by atoms with Crippen molar-refractivity contribution < 1.29 is 19.0 Å². The molecule has 2 rings (SSSR count). The molecule has 19 heavy (non-hydrogen) atoms. The summed E-state index contributed by atoms with van der Waals surface area (Å²) in [5.41, 5.74) is 6.17. The van der Waals surface area contributed by atoms with E-state index in [4.69, 9.17) is 15.6 Å². The van der Waals surface area contributed by atoms with Gasteiger partial charge >= 0.3 is 5.97 Å². The number of carboxylic acids is 1. The maximum absolute atomic E-state index is 13.5. The summed E-state index contributed by atoms with van der Waals surface area (Å²) < 4.78 is 19.0. The topological polar surface area (TPSA) is 72.6 Å². The molecular weight excluding hydrogens is 249 g/mol. The van der Waals surface area contributed by atoms with Gasteiger partial charge in [-0.1, -0.05) is 6.42 Å². The quantitative estimate of drug-likeness (QED) is 0.830. The van der Waals surface area contributed by atoms with Crippen LogP contribution in [0.25, 0.3) is 0 Å². The van der Waals surface area contributed by atoms with Crippen molar-refractivity contribution in [2.45, 2.75) is 31.7 Å². The Morgan fingerprint density at radius 3 is 2.79 bits per heavy atom. The predicted molar refractivity (Wildman–Crippen MR) is 68.4 cm³/mol. The molecule has 1 aliphatic carbocycles. The lowest BCUT2D eigenvalue weighted by Crippen LogP contribution is -2.19. The van der Waals surface area contributed by atoms with Crippen LogP contribution in [0.3, 0.4) is 0 Å². The van der Waals surface area contributed by atoms with Crippen molar-refractivity contribution in [3.05, 3.63) is 29.6 Å². The largest absolute Gasteiger partial charge is 0.493 e. The molecule has 5 heteroatoms. The molecule has 0 bridgehead atoms. The highest BCUT2D eigenvalue weighted by Crippen LogP contribution is 2.28. The van der Waals surface area contributed by atoms with Crippen LogP contribution in [0.15, 0.2) is 18.2 Å². The van der Waals surface area contributed by atoms with Crippen LogP contribution >= 0.6 is 0 Å². The first-order valence-electron chi connectivity index (χ1n) is 6.45. The monoisotopic (exact) mass is 267 g/mol. The number of halogens is 1. The van der Waals surface area contributed by atoms with Gasteiger partial charge in [0, 0.05) is 12.1 Å². The molecule has 1 aromatic rings. The van der Waals surface area contributed by atoms with Gasteiger partial charge in [0.2, 0.25) is 0 Å². The Labute approximate surface area is 111 Å². The molecule has 3 N–H and O–H groups in total. The Bertz CT molecular complexity index is 460. The average molecular weight is 267 g/mol. The highest BCUT2D eigenvalue weighted by Gasteiger charge is 2.18. The summed E-state index contributed by atoms with van der Waals surface area (Å²) in [6.45, 7) is 0.580. The molecular formula is C14H18FNO3. The van der Waals surface area contributed by atoms with Gasteiger partial charge in [0.05, 0.1) is 13.0 Å². The SMILES string of the molecule is NC(CC(=O)O)c1cc(F)cc(OCC2CCC2)c1. The van der Waals surface area contributed by atoms with Crippen molar-refractivity contribution in [2.24, 2.45) is 11.7 Å². The van der Waals surface area contributed by atoms with Crippen LogP contribution in [0, 0.1) is 11.7 Å². The number of hydrogen-bond acceptors (Lipinski definition) is 3. The van der Waals surface area contributed by atoms with Gasteiger partial charge in [0.25, 0.3) is 0 Å². The standard InChI is InChI=1S/C14H18FNO3/c15-11-4-10(13(16)7-14(17)18)5-12(6-11)19-8-9-2-1-3-9/h4-6,9,13H,1-3,7-8,16H2,(H,17,18). The molecule has 1 aromatic carbocycles. The van der Waals surface area contributed by atoms with Gasteiger partial charge in [-0.15, -0.1) is 0 Å². The van der Waals surface area contributed by atoms with E-state index in [1.54, 1.807) is 6.07 Å². The van der Waals surface area contributed by atoms with E-state index in [9.17, 15) is 9.18 Å². The van der Waals surface area contributed by atoms with Gasteiger partial charge in [0.1, 0.15) is 11.6 Å². The van der Waals surface area contributed by atoms with Crippen LogP contribution in [-0.2, 0) is 4.79 Å². The zero-order chi connectivity index (χ0) is 13.8. The molecule has 1 fully saturated rings. The van der Waals surface area contributed by atoms with Crippen LogP contribution in [0.1, 0.15) is 37.3 Å². The second kappa shape index (κ2) is 6.02. The molecule has 0 saturated heterocycles. The minimum absolute atomic E-state index is 0.231. The molecule has 0 aromatic heterocycles. The van der Waals surface area contributed by atoms with Gasteiger partial charge < -0.3 is 15.6 Å². The number of rotatable bonds is 6. The number of aliphatic carboxylic acids is 1. The third-order valence-corrected chi connectivity index (χ3v) is 3.43. The fourth-order valence-corrected chi connectivity index (χ4v) is 2.06. The minimum Gasteiger partial charge on any atom is -0.493 e. The minimum atomic E-state index is -1.01. The second-order valence-corrected chi connectivity index (χ2v) is 5.03. The summed E-state index contributed by atoms with van der Waals surface area (Å²) in [5, 5.41) is 8.69. The zero-order valence-corrected chi connectivity index (χ0v) is 10.6. The fraction of sp³-hybridized carbons (Fsp3) is 0.500. The number of carboxylic acid groups (broad SMARTS) is 1. The lowest BCUT2D eigenvalue weighted by molar-refractivity contribution is -0.137. The summed E-state index contributed by atoms with van der Waals surface area (Å²) in [7, 11) is 0. The Kier molecular flexibility index (Phi) is 4.37. The second-order valence-electron chi connectivity index (χ2n) is 5.03. The van der Waals surface area contributed by atoms with Crippen molar-refractivity contribution in [3.63, 3.8) is 0 Å². The Hall–Kier alpha value is -1.62. The Morgan fingerprint density at radius 1 is 1.47 bits per heavy atom. The highest BCUT2D eigenvalue weighted by molar-refractivity contribution is 5.67. The smallest absolute Gasteiger partial charge is 0.305 e. The lowest BCUT2D eigenvalue weighted by Gasteiger charge is -2.25. The van der Waals surface area contributed by atoms with E-state index in [0.717, 1.165) is 12.8 Å². The molecule has 0 spiro atoms. The summed E-state index contributed by atoms with van der Waals surface area (Å²) in [5.74, 6) is -0.488. The number of carbonyl (C=O) groups is 1. The van der Waals surface area contributed by atoms with E-state index in [-0.39, 0.29) is 6.42 Å². The first kappa shape index (κ1) is 13.8. The Balaban J connectivity index is 2.02. The highest BCUT2D eigenvalue weighted by atomic mass is 19.1. The average Bonchev–Trinajstić information content (AvgIpc) is 2.25. The van der Waals surface area contributed by atoms with Crippen LogP contribution in [-0.4, -0.2) is 17.7 Å². The van der Waals surface area contributed by atoms with Crippen molar-refractivity contribution >= 4 is 5.97 Å². The maximum atomic E-state index is 13.5. The van der Waals surface area contributed by atoms with E-state index in [0.29, 0.717) is 23.8 Å². The van der Waals surface area contributed by atoms with Crippen LogP contribution < -0.4 is 10.5 Å². The molecule has 1 aliphatic rings. The molecule has 0 amide bonds. The predicted octanol–water partition coefficient (Wildman–Crippen LogP) is 2.48.